The van der Waals surface area contributed by atoms with Gasteiger partial charge in [0.05, 0.1) is 12.1 Å². The second-order valence-electron chi connectivity index (χ2n) is 4.35. The molecular weight excluding hydrogens is 435 g/mol. The largest absolute Gasteiger partial charge is 0.342 e. The zero-order valence-electron chi connectivity index (χ0n) is 11.8. The van der Waals surface area contributed by atoms with E-state index in [1.54, 1.807) is 18.0 Å². The van der Waals surface area contributed by atoms with Crippen LogP contribution in [0.15, 0.2) is 22.7 Å². The lowest BCUT2D eigenvalue weighted by Crippen LogP contribution is -2.41. The van der Waals surface area contributed by atoms with Crippen molar-refractivity contribution in [1.29, 1.82) is 0 Å². The molecule has 0 radical (unpaired) electrons. The van der Waals surface area contributed by atoms with Gasteiger partial charge in [0, 0.05) is 28.2 Å². The smallest absolute Gasteiger partial charge is 0.255 e. The molecule has 0 aliphatic rings. The molecule has 20 heavy (non-hydrogen) atoms. The molecule has 1 aromatic rings. The van der Waals surface area contributed by atoms with Crippen molar-refractivity contribution in [2.45, 2.75) is 13.8 Å². The van der Waals surface area contributed by atoms with Crippen molar-refractivity contribution in [2.24, 2.45) is 0 Å². The number of likely N-dealkylation sites (N-methyl/N-ethyl adjacent to an activating group) is 2. The molecule has 110 valence electrons. The van der Waals surface area contributed by atoms with Gasteiger partial charge in [0.1, 0.15) is 0 Å². The molecule has 0 heterocycles. The Morgan fingerprint density at radius 3 is 2.40 bits per heavy atom. The highest BCUT2D eigenvalue weighted by Gasteiger charge is 2.19. The second-order valence-corrected chi connectivity index (χ2v) is 6.43. The van der Waals surface area contributed by atoms with E-state index in [4.69, 9.17) is 0 Å². The third kappa shape index (κ3) is 4.44. The van der Waals surface area contributed by atoms with Gasteiger partial charge in [-0.3, -0.25) is 9.59 Å². The van der Waals surface area contributed by atoms with Gasteiger partial charge in [0.2, 0.25) is 5.91 Å². The molecule has 0 spiro atoms. The van der Waals surface area contributed by atoms with Gasteiger partial charge in [-0.2, -0.15) is 0 Å². The van der Waals surface area contributed by atoms with Gasteiger partial charge in [-0.25, -0.2) is 0 Å². The molecule has 0 aromatic heterocycles. The van der Waals surface area contributed by atoms with Crippen LogP contribution in [0.2, 0.25) is 0 Å². The van der Waals surface area contributed by atoms with Gasteiger partial charge < -0.3 is 9.80 Å². The minimum Gasteiger partial charge on any atom is -0.342 e. The number of hydrogen-bond donors (Lipinski definition) is 0. The van der Waals surface area contributed by atoms with E-state index in [0.717, 1.165) is 8.04 Å². The Bertz CT molecular complexity index is 504. The van der Waals surface area contributed by atoms with Crippen molar-refractivity contribution >= 4 is 50.3 Å². The number of benzene rings is 1. The third-order valence-corrected chi connectivity index (χ3v) is 4.43. The van der Waals surface area contributed by atoms with Crippen LogP contribution in [0.3, 0.4) is 0 Å². The molecule has 0 aliphatic carbocycles. The molecule has 0 aliphatic heterocycles. The van der Waals surface area contributed by atoms with E-state index in [1.807, 2.05) is 26.0 Å². The van der Waals surface area contributed by atoms with E-state index >= 15 is 0 Å². The average molecular weight is 453 g/mol. The minimum absolute atomic E-state index is 0.0316. The first-order valence-corrected chi connectivity index (χ1v) is 8.26. The van der Waals surface area contributed by atoms with Crippen LogP contribution in [0.4, 0.5) is 0 Å². The van der Waals surface area contributed by atoms with E-state index in [1.165, 1.54) is 4.90 Å². The maximum absolute atomic E-state index is 12.4. The molecule has 0 saturated heterocycles. The highest BCUT2D eigenvalue weighted by Crippen LogP contribution is 2.19. The summed E-state index contributed by atoms with van der Waals surface area (Å²) < 4.78 is 1.72. The predicted octanol–water partition coefficient (Wildman–Crippen LogP) is 2.99. The van der Waals surface area contributed by atoms with Crippen LogP contribution >= 0.6 is 38.5 Å². The fourth-order valence-corrected chi connectivity index (χ4v) is 2.75. The Morgan fingerprint density at radius 2 is 1.85 bits per heavy atom. The fourth-order valence-electron chi connectivity index (χ4n) is 1.82. The first-order valence-electron chi connectivity index (χ1n) is 6.39. The van der Waals surface area contributed by atoms with Crippen LogP contribution in [-0.2, 0) is 4.79 Å². The number of hydrogen-bond acceptors (Lipinski definition) is 2. The summed E-state index contributed by atoms with van der Waals surface area (Å²) in [5, 5.41) is 0. The quantitative estimate of drug-likeness (QED) is 0.644. The molecule has 0 bridgehead atoms. The zero-order chi connectivity index (χ0) is 15.3. The number of rotatable bonds is 5. The number of carbonyl (C=O) groups is 2. The Morgan fingerprint density at radius 1 is 1.25 bits per heavy atom. The molecule has 2 amide bonds. The number of halogens is 2. The van der Waals surface area contributed by atoms with E-state index in [-0.39, 0.29) is 18.4 Å². The molecule has 0 atom stereocenters. The van der Waals surface area contributed by atoms with Crippen LogP contribution in [0.5, 0.6) is 0 Å². The first-order chi connectivity index (χ1) is 9.40. The molecule has 0 unspecified atom stereocenters. The highest BCUT2D eigenvalue weighted by molar-refractivity contribution is 14.1. The van der Waals surface area contributed by atoms with E-state index in [2.05, 4.69) is 38.5 Å². The van der Waals surface area contributed by atoms with Crippen LogP contribution < -0.4 is 0 Å². The van der Waals surface area contributed by atoms with Gasteiger partial charge in [-0.05, 0) is 54.6 Å². The van der Waals surface area contributed by atoms with Crippen LogP contribution in [0.1, 0.15) is 24.2 Å². The van der Waals surface area contributed by atoms with E-state index in [0.29, 0.717) is 18.7 Å². The summed E-state index contributed by atoms with van der Waals surface area (Å²) >= 11 is 5.48. The van der Waals surface area contributed by atoms with Crippen molar-refractivity contribution in [2.75, 3.05) is 26.7 Å². The maximum Gasteiger partial charge on any atom is 0.255 e. The lowest BCUT2D eigenvalue weighted by Gasteiger charge is -2.23. The Kier molecular flexibility index (Phi) is 6.94. The molecule has 4 nitrogen and oxygen atoms in total. The zero-order valence-corrected chi connectivity index (χ0v) is 15.6. The molecule has 1 rings (SSSR count). The minimum atomic E-state index is -0.142. The Hall–Kier alpha value is -0.630. The normalized spacial score (nSPS) is 10.2. The van der Waals surface area contributed by atoms with Crippen LogP contribution in [-0.4, -0.2) is 48.3 Å². The van der Waals surface area contributed by atoms with Gasteiger partial charge >= 0.3 is 0 Å². The van der Waals surface area contributed by atoms with Crippen LogP contribution in [0.25, 0.3) is 0 Å². The molecule has 0 saturated carbocycles. The topological polar surface area (TPSA) is 40.6 Å². The summed E-state index contributed by atoms with van der Waals surface area (Å²) in [5.41, 5.74) is 0.606. The summed E-state index contributed by atoms with van der Waals surface area (Å²) in [5.74, 6) is -0.174. The lowest BCUT2D eigenvalue weighted by atomic mass is 10.2. The van der Waals surface area contributed by atoms with E-state index < -0.39 is 0 Å². The Balaban J connectivity index is 2.82. The summed E-state index contributed by atoms with van der Waals surface area (Å²) in [6, 6.07) is 5.54. The average Bonchev–Trinajstić information content (AvgIpc) is 2.42. The summed E-state index contributed by atoms with van der Waals surface area (Å²) in [6.07, 6.45) is 0. The third-order valence-electron chi connectivity index (χ3n) is 2.99. The highest BCUT2D eigenvalue weighted by atomic mass is 127. The molecule has 0 fully saturated rings. The molecule has 1 aromatic carbocycles. The standard InChI is InChI=1S/C14H18BrIN2O2/c1-4-18(5-2)13(19)9-17(3)14(20)11-8-10(15)6-7-12(11)16/h6-8H,4-5,9H2,1-3H3. The molecular formula is C14H18BrIN2O2. The number of nitrogens with zero attached hydrogens (tertiary/aromatic N) is 2. The second kappa shape index (κ2) is 7.97. The SMILES string of the molecule is CCN(CC)C(=O)CN(C)C(=O)c1cc(Br)ccc1I. The van der Waals surface area contributed by atoms with E-state index in [9.17, 15) is 9.59 Å². The van der Waals surface area contributed by atoms with Crippen molar-refractivity contribution in [1.82, 2.24) is 9.80 Å². The summed E-state index contributed by atoms with van der Waals surface area (Å²) in [7, 11) is 1.65. The molecule has 0 N–H and O–H groups in total. The van der Waals surface area contributed by atoms with Crippen molar-refractivity contribution < 1.29 is 9.59 Å². The predicted molar refractivity (Wildman–Crippen MR) is 91.7 cm³/mol. The Labute approximate surface area is 141 Å². The van der Waals surface area contributed by atoms with Crippen molar-refractivity contribution in [3.63, 3.8) is 0 Å². The van der Waals surface area contributed by atoms with Gasteiger partial charge in [0.25, 0.3) is 5.91 Å². The lowest BCUT2D eigenvalue weighted by molar-refractivity contribution is -0.131. The summed E-state index contributed by atoms with van der Waals surface area (Å²) in [6.45, 7) is 5.28. The fraction of sp³-hybridized carbons (Fsp3) is 0.429. The maximum atomic E-state index is 12.4. The monoisotopic (exact) mass is 452 g/mol. The van der Waals surface area contributed by atoms with Gasteiger partial charge in [0.15, 0.2) is 0 Å². The number of amides is 2. The van der Waals surface area contributed by atoms with Crippen LogP contribution in [0, 0.1) is 3.57 Å². The van der Waals surface area contributed by atoms with Crippen molar-refractivity contribution in [3.8, 4) is 0 Å². The number of carbonyl (C=O) groups excluding carboxylic acids is 2. The summed E-state index contributed by atoms with van der Waals surface area (Å²) in [4.78, 5) is 27.6. The van der Waals surface area contributed by atoms with Gasteiger partial charge in [-0.15, -0.1) is 0 Å². The van der Waals surface area contributed by atoms with Crippen molar-refractivity contribution in [3.05, 3.63) is 31.8 Å². The first kappa shape index (κ1) is 17.4. The van der Waals surface area contributed by atoms with Gasteiger partial charge in [-0.1, -0.05) is 15.9 Å². The molecule has 6 heteroatoms.